The van der Waals surface area contributed by atoms with Crippen molar-refractivity contribution in [1.82, 2.24) is 0 Å². The Hall–Kier alpha value is -1.96. The van der Waals surface area contributed by atoms with Crippen LogP contribution in [-0.4, -0.2) is 5.11 Å². The Labute approximate surface area is 132 Å². The maximum atomic E-state index is 10.3. The zero-order chi connectivity index (χ0) is 16.1. The van der Waals surface area contributed by atoms with Crippen LogP contribution in [0.5, 0.6) is 11.5 Å². The quantitative estimate of drug-likeness (QED) is 0.803. The Bertz CT molecular complexity index is 730. The van der Waals surface area contributed by atoms with Gasteiger partial charge in [-0.3, -0.25) is 0 Å². The van der Waals surface area contributed by atoms with Gasteiger partial charge in [-0.05, 0) is 44.4 Å². The van der Waals surface area contributed by atoms with Gasteiger partial charge in [0.25, 0.3) is 0 Å². The van der Waals surface area contributed by atoms with E-state index in [1.165, 1.54) is 11.1 Å². The fourth-order valence-electron chi connectivity index (χ4n) is 3.70. The molecule has 1 atom stereocenters. The van der Waals surface area contributed by atoms with Crippen LogP contribution in [0.4, 0.5) is 0 Å². The summed E-state index contributed by atoms with van der Waals surface area (Å²) in [6.45, 7) is 10.7. The number of fused-ring (bicyclic) bond motifs is 1. The zero-order valence-electron chi connectivity index (χ0n) is 14.0. The van der Waals surface area contributed by atoms with Crippen LogP contribution in [0.3, 0.4) is 0 Å². The fourth-order valence-corrected chi connectivity index (χ4v) is 3.70. The summed E-state index contributed by atoms with van der Waals surface area (Å²) in [5.41, 5.74) is 3.96. The van der Waals surface area contributed by atoms with Crippen molar-refractivity contribution >= 4 is 0 Å². The third-order valence-electron chi connectivity index (χ3n) is 4.70. The van der Waals surface area contributed by atoms with E-state index in [0.717, 1.165) is 23.3 Å². The first-order chi connectivity index (χ1) is 10.2. The van der Waals surface area contributed by atoms with E-state index < -0.39 is 5.60 Å². The number of rotatable bonds is 1. The minimum absolute atomic E-state index is 0.00939. The summed E-state index contributed by atoms with van der Waals surface area (Å²) in [5.74, 6) is 1.23. The Balaban J connectivity index is 2.14. The summed E-state index contributed by atoms with van der Waals surface area (Å²) >= 11 is 0. The van der Waals surface area contributed by atoms with Gasteiger partial charge >= 0.3 is 0 Å². The van der Waals surface area contributed by atoms with Crippen LogP contribution in [0.2, 0.25) is 0 Å². The van der Waals surface area contributed by atoms with Crippen LogP contribution in [0.1, 0.15) is 49.4 Å². The number of hydrogen-bond acceptors (Lipinski definition) is 2. The van der Waals surface area contributed by atoms with Crippen molar-refractivity contribution in [3.8, 4) is 11.5 Å². The van der Waals surface area contributed by atoms with Crippen molar-refractivity contribution in [1.29, 1.82) is 0 Å². The highest BCUT2D eigenvalue weighted by Gasteiger charge is 2.44. The maximum absolute atomic E-state index is 10.3. The van der Waals surface area contributed by atoms with Gasteiger partial charge < -0.3 is 9.84 Å². The first kappa shape index (κ1) is 15.0. The average Bonchev–Trinajstić information content (AvgIpc) is 2.42. The lowest BCUT2D eigenvalue weighted by Gasteiger charge is -2.44. The average molecular weight is 296 g/mol. The molecule has 0 radical (unpaired) electrons. The van der Waals surface area contributed by atoms with Gasteiger partial charge in [0.05, 0.1) is 0 Å². The van der Waals surface area contributed by atoms with E-state index in [1.807, 2.05) is 19.1 Å². The second-order valence-corrected chi connectivity index (χ2v) is 7.41. The molecule has 1 aliphatic rings. The number of ether oxygens (including phenoxy) is 1. The summed E-state index contributed by atoms with van der Waals surface area (Å²) in [7, 11) is 0. The minimum atomic E-state index is -0.526. The highest BCUT2D eigenvalue weighted by molar-refractivity contribution is 5.48. The largest absolute Gasteiger partial charge is 0.508 e. The molecule has 1 unspecified atom stereocenters. The lowest BCUT2D eigenvalue weighted by molar-refractivity contribution is 0.0304. The number of phenolic OH excluding ortho intramolecular Hbond substituents is 1. The van der Waals surface area contributed by atoms with Crippen LogP contribution in [0.25, 0.3) is 0 Å². The van der Waals surface area contributed by atoms with Crippen molar-refractivity contribution in [2.45, 2.75) is 52.1 Å². The van der Waals surface area contributed by atoms with Crippen LogP contribution < -0.4 is 4.74 Å². The molecular formula is C20H24O2. The molecular weight excluding hydrogens is 272 g/mol. The normalized spacial score (nSPS) is 22.8. The summed E-state index contributed by atoms with van der Waals surface area (Å²) in [6.07, 6.45) is 0.827. The van der Waals surface area contributed by atoms with Gasteiger partial charge in [-0.25, -0.2) is 0 Å². The molecule has 0 saturated heterocycles. The van der Waals surface area contributed by atoms with Crippen molar-refractivity contribution in [2.24, 2.45) is 0 Å². The molecule has 1 heterocycles. The third-order valence-corrected chi connectivity index (χ3v) is 4.70. The van der Waals surface area contributed by atoms with Gasteiger partial charge in [0.2, 0.25) is 0 Å². The Kier molecular flexibility index (Phi) is 3.24. The molecule has 2 nitrogen and oxygen atoms in total. The molecule has 1 N–H and O–H groups in total. The Morgan fingerprint density at radius 3 is 2.18 bits per heavy atom. The lowest BCUT2D eigenvalue weighted by Crippen LogP contribution is -2.41. The number of hydrogen-bond donors (Lipinski definition) is 1. The lowest BCUT2D eigenvalue weighted by atomic mass is 9.70. The van der Waals surface area contributed by atoms with E-state index in [1.54, 1.807) is 6.07 Å². The predicted octanol–water partition coefficient (Wildman–Crippen LogP) is 4.98. The number of aromatic hydroxyl groups is 1. The molecule has 0 saturated carbocycles. The molecule has 2 aromatic carbocycles. The van der Waals surface area contributed by atoms with Gasteiger partial charge in [-0.2, -0.15) is 0 Å². The van der Waals surface area contributed by atoms with Gasteiger partial charge in [0.15, 0.2) is 0 Å². The van der Waals surface area contributed by atoms with Crippen LogP contribution in [0, 0.1) is 13.8 Å². The van der Waals surface area contributed by atoms with E-state index in [4.69, 9.17) is 4.74 Å². The first-order valence-corrected chi connectivity index (χ1v) is 7.82. The number of phenols is 1. The molecule has 2 heteroatoms. The molecule has 0 bridgehead atoms. The number of benzene rings is 2. The number of aryl methyl sites for hydroxylation is 2. The molecule has 0 spiro atoms. The van der Waals surface area contributed by atoms with E-state index in [-0.39, 0.29) is 5.41 Å². The molecule has 1 aliphatic heterocycles. The highest BCUT2D eigenvalue weighted by Crippen LogP contribution is 2.50. The Morgan fingerprint density at radius 2 is 1.50 bits per heavy atom. The molecule has 0 fully saturated rings. The molecule has 116 valence electrons. The van der Waals surface area contributed by atoms with Crippen molar-refractivity contribution in [2.75, 3.05) is 0 Å². The fraction of sp³-hybridized carbons (Fsp3) is 0.400. The van der Waals surface area contributed by atoms with Crippen LogP contribution >= 0.6 is 0 Å². The van der Waals surface area contributed by atoms with E-state index in [0.29, 0.717) is 5.75 Å². The molecule has 0 aromatic heterocycles. The van der Waals surface area contributed by atoms with E-state index in [9.17, 15) is 5.11 Å². The van der Waals surface area contributed by atoms with Gasteiger partial charge in [0.1, 0.15) is 17.1 Å². The predicted molar refractivity (Wildman–Crippen MR) is 89.6 cm³/mol. The minimum Gasteiger partial charge on any atom is -0.508 e. The van der Waals surface area contributed by atoms with Crippen molar-refractivity contribution in [3.05, 3.63) is 58.7 Å². The molecule has 0 amide bonds. The molecule has 2 aromatic rings. The van der Waals surface area contributed by atoms with Crippen LogP contribution in [-0.2, 0) is 11.0 Å². The molecule has 0 aliphatic carbocycles. The first-order valence-electron chi connectivity index (χ1n) is 7.82. The van der Waals surface area contributed by atoms with Gasteiger partial charge in [-0.1, -0.05) is 43.2 Å². The second kappa shape index (κ2) is 4.77. The SMILES string of the molecule is Cc1ccc2c(c1)C(C)(C)CC(C)(c1cc(C)ccc1O)O2. The summed E-state index contributed by atoms with van der Waals surface area (Å²) in [5, 5.41) is 10.3. The van der Waals surface area contributed by atoms with Crippen molar-refractivity contribution in [3.63, 3.8) is 0 Å². The zero-order valence-corrected chi connectivity index (χ0v) is 14.0. The maximum Gasteiger partial charge on any atom is 0.136 e. The smallest absolute Gasteiger partial charge is 0.136 e. The monoisotopic (exact) mass is 296 g/mol. The highest BCUT2D eigenvalue weighted by atomic mass is 16.5. The molecule has 22 heavy (non-hydrogen) atoms. The van der Waals surface area contributed by atoms with Crippen molar-refractivity contribution < 1.29 is 9.84 Å². The van der Waals surface area contributed by atoms with Gasteiger partial charge in [-0.15, -0.1) is 0 Å². The summed E-state index contributed by atoms with van der Waals surface area (Å²) in [6, 6.07) is 12.1. The molecule has 3 rings (SSSR count). The topological polar surface area (TPSA) is 29.5 Å². The van der Waals surface area contributed by atoms with E-state index >= 15 is 0 Å². The summed E-state index contributed by atoms with van der Waals surface area (Å²) in [4.78, 5) is 0. The standard InChI is InChI=1S/C20H24O2/c1-13-6-8-17(21)15(10-13)20(5)12-19(3,4)16-11-14(2)7-9-18(16)22-20/h6-11,21H,12H2,1-5H3. The van der Waals surface area contributed by atoms with Gasteiger partial charge in [0, 0.05) is 17.5 Å². The summed E-state index contributed by atoms with van der Waals surface area (Å²) < 4.78 is 6.37. The van der Waals surface area contributed by atoms with E-state index in [2.05, 4.69) is 45.9 Å². The third kappa shape index (κ3) is 2.37. The van der Waals surface area contributed by atoms with Crippen LogP contribution in [0.15, 0.2) is 36.4 Å². The second-order valence-electron chi connectivity index (χ2n) is 7.41. The Morgan fingerprint density at radius 1 is 0.909 bits per heavy atom.